The molecule has 0 radical (unpaired) electrons. The second kappa shape index (κ2) is 5.46. The molecule has 7 heteroatoms. The lowest BCUT2D eigenvalue weighted by atomic mass is 10.1. The van der Waals surface area contributed by atoms with Crippen molar-refractivity contribution in [1.82, 2.24) is 4.57 Å². The third kappa shape index (κ3) is 2.09. The van der Waals surface area contributed by atoms with E-state index in [9.17, 15) is 14.7 Å². The number of pyridine rings is 1. The summed E-state index contributed by atoms with van der Waals surface area (Å²) in [5.41, 5.74) is 5.25. The van der Waals surface area contributed by atoms with Crippen LogP contribution in [0.25, 0.3) is 10.2 Å². The SMILES string of the molecule is CCN=C(N)c1c(C(=O)O)c(=O)c2ccsc2n1CC. The normalized spacial score (nSPS) is 12.0. The minimum atomic E-state index is -1.28. The number of carboxylic acid groups (broad SMARTS) is 1. The molecule has 0 saturated carbocycles. The number of hydrogen-bond donors (Lipinski definition) is 2. The Morgan fingerprint density at radius 2 is 2.20 bits per heavy atom. The van der Waals surface area contributed by atoms with Gasteiger partial charge in [0.2, 0.25) is 5.43 Å². The highest BCUT2D eigenvalue weighted by Crippen LogP contribution is 2.22. The molecule has 0 aromatic carbocycles. The molecule has 0 aliphatic carbocycles. The van der Waals surface area contributed by atoms with Crippen molar-refractivity contribution in [2.24, 2.45) is 10.7 Å². The highest BCUT2D eigenvalue weighted by Gasteiger charge is 2.24. The maximum atomic E-state index is 12.3. The molecule has 0 saturated heterocycles. The fourth-order valence-electron chi connectivity index (χ4n) is 2.17. The predicted molar refractivity (Wildman–Crippen MR) is 80.0 cm³/mol. The third-order valence-electron chi connectivity index (χ3n) is 2.97. The van der Waals surface area contributed by atoms with Crippen molar-refractivity contribution in [3.8, 4) is 0 Å². The highest BCUT2D eigenvalue weighted by molar-refractivity contribution is 7.16. The predicted octanol–water partition coefficient (Wildman–Crippen LogP) is 1.51. The first kappa shape index (κ1) is 14.3. The molecule has 3 N–H and O–H groups in total. The summed E-state index contributed by atoms with van der Waals surface area (Å²) in [5.74, 6) is -1.20. The van der Waals surface area contributed by atoms with Crippen LogP contribution in [0.2, 0.25) is 0 Å². The largest absolute Gasteiger partial charge is 0.477 e. The van der Waals surface area contributed by atoms with Crippen LogP contribution in [0.4, 0.5) is 0 Å². The minimum absolute atomic E-state index is 0.0825. The van der Waals surface area contributed by atoms with Crippen LogP contribution in [0.5, 0.6) is 0 Å². The first-order valence-corrected chi connectivity index (χ1v) is 7.08. The summed E-state index contributed by atoms with van der Waals surface area (Å²) in [7, 11) is 0. The van der Waals surface area contributed by atoms with E-state index in [-0.39, 0.29) is 17.1 Å². The molecule has 2 aromatic heterocycles. The molecule has 0 unspecified atom stereocenters. The van der Waals surface area contributed by atoms with Gasteiger partial charge in [-0.1, -0.05) is 0 Å². The van der Waals surface area contributed by atoms with Gasteiger partial charge >= 0.3 is 5.97 Å². The first-order valence-electron chi connectivity index (χ1n) is 6.20. The summed E-state index contributed by atoms with van der Waals surface area (Å²) < 4.78 is 1.74. The highest BCUT2D eigenvalue weighted by atomic mass is 32.1. The van der Waals surface area contributed by atoms with Gasteiger partial charge in [-0.2, -0.15) is 0 Å². The maximum Gasteiger partial charge on any atom is 0.342 e. The van der Waals surface area contributed by atoms with Crippen LogP contribution in [-0.4, -0.2) is 28.0 Å². The summed E-state index contributed by atoms with van der Waals surface area (Å²) in [6.07, 6.45) is 0. The molecular formula is C13H15N3O3S. The van der Waals surface area contributed by atoms with E-state index in [2.05, 4.69) is 4.99 Å². The molecule has 6 nitrogen and oxygen atoms in total. The molecule has 2 heterocycles. The van der Waals surface area contributed by atoms with Crippen molar-refractivity contribution in [2.45, 2.75) is 20.4 Å². The fourth-order valence-corrected chi connectivity index (χ4v) is 3.14. The van der Waals surface area contributed by atoms with E-state index < -0.39 is 11.4 Å². The van der Waals surface area contributed by atoms with Gasteiger partial charge < -0.3 is 15.4 Å². The summed E-state index contributed by atoms with van der Waals surface area (Å²) in [4.78, 5) is 28.6. The van der Waals surface area contributed by atoms with Crippen LogP contribution < -0.4 is 11.2 Å². The van der Waals surface area contributed by atoms with Gasteiger partial charge in [0.15, 0.2) is 0 Å². The van der Waals surface area contributed by atoms with Gasteiger partial charge in [0, 0.05) is 13.1 Å². The molecule has 20 heavy (non-hydrogen) atoms. The van der Waals surface area contributed by atoms with E-state index in [1.54, 1.807) is 22.9 Å². The quantitative estimate of drug-likeness (QED) is 0.659. The van der Waals surface area contributed by atoms with Gasteiger partial charge in [0.25, 0.3) is 0 Å². The van der Waals surface area contributed by atoms with Gasteiger partial charge in [-0.3, -0.25) is 9.79 Å². The van der Waals surface area contributed by atoms with Gasteiger partial charge in [-0.15, -0.1) is 11.3 Å². The monoisotopic (exact) mass is 293 g/mol. The Hall–Kier alpha value is -2.15. The summed E-state index contributed by atoms with van der Waals surface area (Å²) in [6, 6.07) is 1.64. The fraction of sp³-hybridized carbons (Fsp3) is 0.308. The van der Waals surface area contributed by atoms with Crippen molar-refractivity contribution in [1.29, 1.82) is 0 Å². The number of hydrogen-bond acceptors (Lipinski definition) is 4. The van der Waals surface area contributed by atoms with Crippen LogP contribution in [0.1, 0.15) is 29.9 Å². The van der Waals surface area contributed by atoms with E-state index in [0.717, 1.165) is 0 Å². The van der Waals surface area contributed by atoms with Crippen LogP contribution in [-0.2, 0) is 6.54 Å². The summed E-state index contributed by atoms with van der Waals surface area (Å²) in [5, 5.41) is 11.5. The van der Waals surface area contributed by atoms with E-state index in [4.69, 9.17) is 5.73 Å². The number of thiophene rings is 1. The zero-order valence-corrected chi connectivity index (χ0v) is 12.0. The molecule has 0 aliphatic heterocycles. The van der Waals surface area contributed by atoms with Crippen LogP contribution in [0.3, 0.4) is 0 Å². The number of rotatable bonds is 4. The van der Waals surface area contributed by atoms with Gasteiger partial charge in [-0.25, -0.2) is 4.79 Å². The molecule has 0 atom stereocenters. The molecule has 0 fully saturated rings. The Morgan fingerprint density at radius 1 is 1.50 bits per heavy atom. The lowest BCUT2D eigenvalue weighted by molar-refractivity contribution is 0.0694. The smallest absolute Gasteiger partial charge is 0.342 e. The number of aromatic nitrogens is 1. The second-order valence-electron chi connectivity index (χ2n) is 4.10. The Kier molecular flexibility index (Phi) is 3.89. The zero-order chi connectivity index (χ0) is 14.9. The van der Waals surface area contributed by atoms with E-state index in [1.807, 2.05) is 6.92 Å². The number of nitrogens with two attached hydrogens (primary N) is 1. The van der Waals surface area contributed by atoms with E-state index in [0.29, 0.717) is 23.3 Å². The standard InChI is InChI=1S/C13H15N3O3S/c1-3-15-11(14)9-8(13(18)19)10(17)7-5-6-20-12(7)16(9)4-2/h5-6H,3-4H2,1-2H3,(H2,14,15)(H,18,19). The lowest BCUT2D eigenvalue weighted by Crippen LogP contribution is -2.30. The summed E-state index contributed by atoms with van der Waals surface area (Å²) >= 11 is 1.38. The Labute approximate surface area is 119 Å². The number of nitrogens with zero attached hydrogens (tertiary/aromatic N) is 2. The number of aliphatic imine (C=N–C) groups is 1. The van der Waals surface area contributed by atoms with Crippen molar-refractivity contribution < 1.29 is 9.90 Å². The minimum Gasteiger partial charge on any atom is -0.477 e. The molecule has 0 amide bonds. The van der Waals surface area contributed by atoms with Crippen LogP contribution >= 0.6 is 11.3 Å². The lowest BCUT2D eigenvalue weighted by Gasteiger charge is -2.15. The Bertz CT molecular complexity index is 758. The van der Waals surface area contributed by atoms with E-state index in [1.165, 1.54) is 11.3 Å². The van der Waals surface area contributed by atoms with Crippen molar-refractivity contribution in [3.63, 3.8) is 0 Å². The molecule has 0 bridgehead atoms. The molecule has 2 rings (SSSR count). The Morgan fingerprint density at radius 3 is 2.75 bits per heavy atom. The van der Waals surface area contributed by atoms with Gasteiger partial charge in [0.1, 0.15) is 21.9 Å². The summed E-state index contributed by atoms with van der Waals surface area (Å²) in [6.45, 7) is 4.60. The Balaban J connectivity index is 3.01. The molecule has 0 aliphatic rings. The van der Waals surface area contributed by atoms with Gasteiger partial charge in [0.05, 0.1) is 5.39 Å². The van der Waals surface area contributed by atoms with Crippen molar-refractivity contribution in [3.05, 3.63) is 32.9 Å². The average molecular weight is 293 g/mol. The molecule has 2 aromatic rings. The van der Waals surface area contributed by atoms with Crippen molar-refractivity contribution in [2.75, 3.05) is 6.54 Å². The number of carboxylic acids is 1. The second-order valence-corrected chi connectivity index (χ2v) is 5.00. The number of aryl methyl sites for hydroxylation is 1. The topological polar surface area (TPSA) is 97.7 Å². The maximum absolute atomic E-state index is 12.3. The number of aromatic carboxylic acids is 1. The van der Waals surface area contributed by atoms with Gasteiger partial charge in [-0.05, 0) is 25.3 Å². The molecular weight excluding hydrogens is 278 g/mol. The van der Waals surface area contributed by atoms with Crippen molar-refractivity contribution >= 4 is 33.4 Å². The zero-order valence-electron chi connectivity index (χ0n) is 11.2. The van der Waals surface area contributed by atoms with Crippen LogP contribution in [0, 0.1) is 0 Å². The third-order valence-corrected chi connectivity index (χ3v) is 3.91. The average Bonchev–Trinajstić information content (AvgIpc) is 2.87. The van der Waals surface area contributed by atoms with Crippen LogP contribution in [0.15, 0.2) is 21.2 Å². The molecule has 106 valence electrons. The van der Waals surface area contributed by atoms with E-state index >= 15 is 0 Å². The molecule has 0 spiro atoms. The number of carbonyl (C=O) groups is 1. The first-order chi connectivity index (χ1) is 9.52. The number of amidine groups is 1. The number of fused-ring (bicyclic) bond motifs is 1.